The van der Waals surface area contributed by atoms with Crippen LogP contribution in [-0.4, -0.2) is 36.2 Å². The fourth-order valence-corrected chi connectivity index (χ4v) is 2.93. The van der Waals surface area contributed by atoms with E-state index in [4.69, 9.17) is 16.3 Å². The van der Waals surface area contributed by atoms with Gasteiger partial charge in [-0.25, -0.2) is 9.97 Å². The van der Waals surface area contributed by atoms with Crippen molar-refractivity contribution in [1.29, 1.82) is 5.26 Å². The molecule has 1 aliphatic rings. The van der Waals surface area contributed by atoms with Crippen molar-refractivity contribution in [2.24, 2.45) is 0 Å². The Balaban J connectivity index is 1.72. The number of nitrogens with one attached hydrogen (secondary N) is 1. The molecule has 1 N–H and O–H groups in total. The molecule has 0 amide bonds. The lowest BCUT2D eigenvalue weighted by molar-refractivity contribution is 0.397. The molecule has 1 saturated heterocycles. The zero-order chi connectivity index (χ0) is 16.2. The monoisotopic (exact) mass is 329 g/mol. The van der Waals surface area contributed by atoms with Crippen molar-refractivity contribution >= 4 is 23.1 Å². The molecule has 7 heteroatoms. The third-order valence-corrected chi connectivity index (χ3v) is 4.15. The summed E-state index contributed by atoms with van der Waals surface area (Å²) in [7, 11) is 1.58. The van der Waals surface area contributed by atoms with Crippen LogP contribution >= 0.6 is 11.6 Å². The average molecular weight is 330 g/mol. The molecule has 6 nitrogen and oxygen atoms in total. The molecule has 1 atom stereocenters. The quantitative estimate of drug-likeness (QED) is 0.929. The molecule has 1 aromatic carbocycles. The Hall–Kier alpha value is -2.52. The van der Waals surface area contributed by atoms with E-state index in [9.17, 15) is 5.26 Å². The number of anilines is 2. The van der Waals surface area contributed by atoms with Crippen molar-refractivity contribution in [2.75, 3.05) is 30.4 Å². The molecular weight excluding hydrogens is 314 g/mol. The van der Waals surface area contributed by atoms with Crippen LogP contribution in [0.2, 0.25) is 5.02 Å². The van der Waals surface area contributed by atoms with Gasteiger partial charge in [0.15, 0.2) is 0 Å². The molecular formula is C16H16ClN5O. The van der Waals surface area contributed by atoms with Crippen molar-refractivity contribution < 1.29 is 4.74 Å². The van der Waals surface area contributed by atoms with Crippen LogP contribution in [0.1, 0.15) is 12.0 Å². The van der Waals surface area contributed by atoms with Crippen molar-refractivity contribution in [3.05, 3.63) is 41.2 Å². The van der Waals surface area contributed by atoms with Crippen LogP contribution in [0.3, 0.4) is 0 Å². The highest BCUT2D eigenvalue weighted by atomic mass is 35.5. The second-order valence-corrected chi connectivity index (χ2v) is 5.67. The number of nitrogens with zero attached hydrogens (tertiary/aromatic N) is 4. The second kappa shape index (κ2) is 6.71. The Labute approximate surface area is 139 Å². The number of hydrogen-bond acceptors (Lipinski definition) is 6. The molecule has 1 aliphatic heterocycles. The number of hydrogen-bond donors (Lipinski definition) is 1. The molecule has 0 aliphatic carbocycles. The predicted molar refractivity (Wildman–Crippen MR) is 89.0 cm³/mol. The summed E-state index contributed by atoms with van der Waals surface area (Å²) < 4.78 is 5.10. The summed E-state index contributed by atoms with van der Waals surface area (Å²) in [5.74, 6) is 1.26. The maximum absolute atomic E-state index is 9.31. The number of rotatable bonds is 4. The summed E-state index contributed by atoms with van der Waals surface area (Å²) in [6.45, 7) is 1.64. The van der Waals surface area contributed by atoms with E-state index in [1.54, 1.807) is 19.2 Å². The van der Waals surface area contributed by atoms with Crippen molar-refractivity contribution in [1.82, 2.24) is 9.97 Å². The minimum Gasteiger partial charge on any atom is -0.481 e. The van der Waals surface area contributed by atoms with Gasteiger partial charge < -0.3 is 15.0 Å². The van der Waals surface area contributed by atoms with Gasteiger partial charge in [-0.15, -0.1) is 0 Å². The highest BCUT2D eigenvalue weighted by molar-refractivity contribution is 6.32. The van der Waals surface area contributed by atoms with E-state index in [0.29, 0.717) is 16.5 Å². The van der Waals surface area contributed by atoms with Gasteiger partial charge in [-0.05, 0) is 18.6 Å². The molecule has 23 heavy (non-hydrogen) atoms. The first-order valence-electron chi connectivity index (χ1n) is 7.27. The van der Waals surface area contributed by atoms with Crippen LogP contribution in [0.5, 0.6) is 5.88 Å². The molecule has 1 unspecified atom stereocenters. The predicted octanol–water partition coefficient (Wildman–Crippen LogP) is 2.70. The summed E-state index contributed by atoms with van der Waals surface area (Å²) in [4.78, 5) is 10.4. The number of methoxy groups -OCH3 is 1. The number of aromatic nitrogens is 2. The van der Waals surface area contributed by atoms with Gasteiger partial charge in [0.05, 0.1) is 23.4 Å². The first-order valence-corrected chi connectivity index (χ1v) is 7.65. The molecule has 1 aromatic heterocycles. The number of nitriles is 1. The minimum atomic E-state index is 0.236. The number of ether oxygens (including phenoxy) is 1. The van der Waals surface area contributed by atoms with Gasteiger partial charge in [-0.3, -0.25) is 0 Å². The fourth-order valence-electron chi connectivity index (χ4n) is 2.72. The molecule has 0 spiro atoms. The summed E-state index contributed by atoms with van der Waals surface area (Å²) in [6.07, 6.45) is 2.42. The van der Waals surface area contributed by atoms with Crippen LogP contribution in [0, 0.1) is 11.3 Å². The van der Waals surface area contributed by atoms with Gasteiger partial charge in [-0.2, -0.15) is 5.26 Å². The SMILES string of the molecule is COc1cc(NC2CCN(c3cccc(Cl)c3C#N)C2)ncn1. The lowest BCUT2D eigenvalue weighted by Crippen LogP contribution is -2.26. The molecule has 0 bridgehead atoms. The molecule has 1 fully saturated rings. The second-order valence-electron chi connectivity index (χ2n) is 5.27. The van der Waals surface area contributed by atoms with E-state index in [1.165, 1.54) is 6.33 Å². The van der Waals surface area contributed by atoms with Crippen molar-refractivity contribution in [3.63, 3.8) is 0 Å². The third kappa shape index (κ3) is 3.30. The first-order chi connectivity index (χ1) is 11.2. The topological polar surface area (TPSA) is 74.1 Å². The standard InChI is InChI=1S/C16H16ClN5O/c1-23-16-7-15(19-10-20-16)21-11-5-6-22(9-11)14-4-2-3-13(17)12(14)8-18/h2-4,7,10-11H,5-6,9H2,1H3,(H,19,20,21). The maximum atomic E-state index is 9.31. The lowest BCUT2D eigenvalue weighted by Gasteiger charge is -2.21. The van der Waals surface area contributed by atoms with Gasteiger partial charge >= 0.3 is 0 Å². The summed E-state index contributed by atoms with van der Waals surface area (Å²) in [5, 5.41) is 13.2. The molecule has 2 aromatic rings. The Morgan fingerprint density at radius 3 is 3.09 bits per heavy atom. The van der Waals surface area contributed by atoms with E-state index in [1.807, 2.05) is 12.1 Å². The summed E-state index contributed by atoms with van der Waals surface area (Å²) in [6, 6.07) is 9.73. The number of halogens is 1. The Kier molecular flexibility index (Phi) is 4.49. The van der Waals surface area contributed by atoms with Crippen LogP contribution in [-0.2, 0) is 0 Å². The zero-order valence-corrected chi connectivity index (χ0v) is 13.4. The van der Waals surface area contributed by atoms with E-state index in [2.05, 4.69) is 26.3 Å². The third-order valence-electron chi connectivity index (χ3n) is 3.84. The average Bonchev–Trinajstić information content (AvgIpc) is 3.03. The van der Waals surface area contributed by atoms with Crippen LogP contribution in [0.15, 0.2) is 30.6 Å². The van der Waals surface area contributed by atoms with Gasteiger partial charge in [0, 0.05) is 25.2 Å². The molecule has 2 heterocycles. The maximum Gasteiger partial charge on any atom is 0.218 e. The highest BCUT2D eigenvalue weighted by Crippen LogP contribution is 2.30. The fraction of sp³-hybridized carbons (Fsp3) is 0.312. The largest absolute Gasteiger partial charge is 0.481 e. The highest BCUT2D eigenvalue weighted by Gasteiger charge is 2.25. The van der Waals surface area contributed by atoms with Gasteiger partial charge in [-0.1, -0.05) is 17.7 Å². The molecule has 0 saturated carbocycles. The van der Waals surface area contributed by atoms with E-state index in [0.717, 1.165) is 31.0 Å². The zero-order valence-electron chi connectivity index (χ0n) is 12.7. The van der Waals surface area contributed by atoms with Gasteiger partial charge in [0.1, 0.15) is 18.2 Å². The van der Waals surface area contributed by atoms with Crippen LogP contribution < -0.4 is 15.0 Å². The normalized spacial score (nSPS) is 16.9. The van der Waals surface area contributed by atoms with E-state index < -0.39 is 0 Å². The number of benzene rings is 1. The van der Waals surface area contributed by atoms with Crippen LogP contribution in [0.25, 0.3) is 0 Å². The Morgan fingerprint density at radius 2 is 2.30 bits per heavy atom. The molecule has 0 radical (unpaired) electrons. The Morgan fingerprint density at radius 1 is 1.43 bits per heavy atom. The van der Waals surface area contributed by atoms with E-state index >= 15 is 0 Å². The minimum absolute atomic E-state index is 0.236. The van der Waals surface area contributed by atoms with Gasteiger partial charge in [0.25, 0.3) is 0 Å². The summed E-state index contributed by atoms with van der Waals surface area (Å²) >= 11 is 6.11. The van der Waals surface area contributed by atoms with Crippen LogP contribution in [0.4, 0.5) is 11.5 Å². The molecule has 3 rings (SSSR count). The summed E-state index contributed by atoms with van der Waals surface area (Å²) in [5.41, 5.74) is 1.41. The first kappa shape index (κ1) is 15.4. The van der Waals surface area contributed by atoms with Crippen molar-refractivity contribution in [2.45, 2.75) is 12.5 Å². The molecule has 118 valence electrons. The van der Waals surface area contributed by atoms with Gasteiger partial charge in [0.2, 0.25) is 5.88 Å². The van der Waals surface area contributed by atoms with Crippen molar-refractivity contribution in [3.8, 4) is 11.9 Å². The smallest absolute Gasteiger partial charge is 0.218 e. The lowest BCUT2D eigenvalue weighted by atomic mass is 10.2. The van der Waals surface area contributed by atoms with E-state index in [-0.39, 0.29) is 6.04 Å². The Bertz CT molecular complexity index is 745.